The predicted molar refractivity (Wildman–Crippen MR) is 124 cm³/mol. The van der Waals surface area contributed by atoms with Crippen molar-refractivity contribution in [3.63, 3.8) is 0 Å². The lowest BCUT2D eigenvalue weighted by molar-refractivity contribution is -0.142. The molecule has 0 unspecified atom stereocenters. The average molecular weight is 516 g/mol. The van der Waals surface area contributed by atoms with Crippen molar-refractivity contribution in [2.24, 2.45) is 0 Å². The van der Waals surface area contributed by atoms with Crippen molar-refractivity contribution in [3.8, 4) is 5.75 Å². The van der Waals surface area contributed by atoms with Crippen molar-refractivity contribution >= 4 is 50.9 Å². The van der Waals surface area contributed by atoms with Crippen LogP contribution in [0.3, 0.4) is 0 Å². The van der Waals surface area contributed by atoms with Gasteiger partial charge in [-0.2, -0.15) is 0 Å². The first-order valence-corrected chi connectivity index (χ1v) is 11.2. The largest absolute Gasteiger partial charge is 0.483 e. The van der Waals surface area contributed by atoms with Gasteiger partial charge in [-0.15, -0.1) is 0 Å². The number of nitrogens with zero attached hydrogens (tertiary/aromatic N) is 1. The zero-order chi connectivity index (χ0) is 22.3. The number of ether oxygens (including phenoxy) is 1. The van der Waals surface area contributed by atoms with Crippen LogP contribution in [-0.2, 0) is 22.6 Å². The molecule has 0 radical (unpaired) electrons. The zero-order valence-corrected chi connectivity index (χ0v) is 20.3. The van der Waals surface area contributed by atoms with Crippen LogP contribution in [0.4, 0.5) is 0 Å². The van der Waals surface area contributed by atoms with E-state index in [4.69, 9.17) is 27.9 Å². The molecule has 162 valence electrons. The van der Waals surface area contributed by atoms with Gasteiger partial charge in [0.15, 0.2) is 6.61 Å². The van der Waals surface area contributed by atoms with Crippen molar-refractivity contribution in [2.75, 3.05) is 13.2 Å². The molecule has 0 saturated heterocycles. The van der Waals surface area contributed by atoms with E-state index in [1.54, 1.807) is 25.1 Å². The molecule has 2 aromatic rings. The first-order valence-electron chi connectivity index (χ1n) is 9.69. The van der Waals surface area contributed by atoms with Gasteiger partial charge in [0, 0.05) is 13.1 Å². The molecule has 2 rings (SSSR count). The Kier molecular flexibility index (Phi) is 9.46. The van der Waals surface area contributed by atoms with Crippen LogP contribution in [0.25, 0.3) is 0 Å². The molecule has 0 aliphatic carbocycles. The third kappa shape index (κ3) is 6.62. The van der Waals surface area contributed by atoms with E-state index in [2.05, 4.69) is 28.2 Å². The highest BCUT2D eigenvalue weighted by Gasteiger charge is 2.26. The van der Waals surface area contributed by atoms with Crippen molar-refractivity contribution < 1.29 is 14.3 Å². The van der Waals surface area contributed by atoms with Gasteiger partial charge in [-0.3, -0.25) is 9.59 Å². The Balaban J connectivity index is 2.18. The highest BCUT2D eigenvalue weighted by Crippen LogP contribution is 2.27. The molecule has 8 heteroatoms. The molecule has 2 aromatic carbocycles. The Morgan fingerprint density at radius 1 is 1.10 bits per heavy atom. The van der Waals surface area contributed by atoms with Crippen LogP contribution in [0.2, 0.25) is 10.0 Å². The Morgan fingerprint density at radius 3 is 2.40 bits per heavy atom. The van der Waals surface area contributed by atoms with E-state index in [0.717, 1.165) is 22.0 Å². The summed E-state index contributed by atoms with van der Waals surface area (Å²) in [5.74, 6) is 0.0198. The maximum Gasteiger partial charge on any atom is 0.261 e. The fourth-order valence-corrected chi connectivity index (χ4v) is 3.70. The molecule has 0 spiro atoms. The van der Waals surface area contributed by atoms with E-state index < -0.39 is 6.04 Å². The van der Waals surface area contributed by atoms with Gasteiger partial charge < -0.3 is 15.0 Å². The fourth-order valence-electron chi connectivity index (χ4n) is 2.84. The molecular weight excluding hydrogens is 491 g/mol. The van der Waals surface area contributed by atoms with Gasteiger partial charge >= 0.3 is 0 Å². The van der Waals surface area contributed by atoms with Gasteiger partial charge in [-0.1, -0.05) is 42.3 Å². The molecule has 1 atom stereocenters. The Morgan fingerprint density at radius 2 is 1.80 bits per heavy atom. The number of nitrogens with one attached hydrogen (secondary N) is 1. The van der Waals surface area contributed by atoms with Gasteiger partial charge in [0.05, 0.1) is 14.5 Å². The molecule has 0 aromatic heterocycles. The summed E-state index contributed by atoms with van der Waals surface area (Å²) in [7, 11) is 0. The molecule has 1 N–H and O–H groups in total. The van der Waals surface area contributed by atoms with Crippen LogP contribution in [-0.4, -0.2) is 35.9 Å². The Bertz CT molecular complexity index is 908. The standard InChI is InChI=1S/C22H25BrCl2N2O3/c1-4-15-7-9-20(17(23)10-15)30-13-21(28)27(14(3)22(29)26-5-2)12-16-6-8-18(24)19(25)11-16/h6-11,14H,4-5,12-13H2,1-3H3,(H,26,29)/t14-/m0/s1. The number of benzene rings is 2. The Labute approximate surface area is 195 Å². The van der Waals surface area contributed by atoms with E-state index in [1.807, 2.05) is 25.1 Å². The number of halogens is 3. The minimum absolute atomic E-state index is 0.199. The first kappa shape index (κ1) is 24.5. The third-order valence-corrected chi connectivity index (χ3v) is 5.97. The number of carbonyl (C=O) groups is 2. The highest BCUT2D eigenvalue weighted by molar-refractivity contribution is 9.10. The average Bonchev–Trinajstić information content (AvgIpc) is 2.72. The molecule has 2 amide bonds. The van der Waals surface area contributed by atoms with Gasteiger partial charge in [0.25, 0.3) is 5.91 Å². The predicted octanol–water partition coefficient (Wildman–Crippen LogP) is 5.25. The summed E-state index contributed by atoms with van der Waals surface area (Å²) >= 11 is 15.6. The maximum absolute atomic E-state index is 13.0. The lowest BCUT2D eigenvalue weighted by atomic mass is 10.1. The number of likely N-dealkylation sites (N-methyl/N-ethyl adjacent to an activating group) is 1. The van der Waals surface area contributed by atoms with Crippen LogP contribution in [0.1, 0.15) is 31.9 Å². The van der Waals surface area contributed by atoms with Gasteiger partial charge in [0.1, 0.15) is 11.8 Å². The van der Waals surface area contributed by atoms with E-state index in [1.165, 1.54) is 4.90 Å². The molecule has 30 heavy (non-hydrogen) atoms. The normalized spacial score (nSPS) is 11.7. The van der Waals surface area contributed by atoms with Crippen LogP contribution < -0.4 is 10.1 Å². The SMILES string of the molecule is CCNC(=O)[C@H](C)N(Cc1ccc(Cl)c(Cl)c1)C(=O)COc1ccc(CC)cc1Br. The van der Waals surface area contributed by atoms with E-state index >= 15 is 0 Å². The quantitative estimate of drug-likeness (QED) is 0.496. The highest BCUT2D eigenvalue weighted by atomic mass is 79.9. The van der Waals surface area contributed by atoms with Crippen LogP contribution >= 0.6 is 39.1 Å². The topological polar surface area (TPSA) is 58.6 Å². The van der Waals surface area contributed by atoms with Gasteiger partial charge in [0.2, 0.25) is 5.91 Å². The smallest absolute Gasteiger partial charge is 0.261 e. The summed E-state index contributed by atoms with van der Waals surface area (Å²) in [6, 6.07) is 10.2. The fraction of sp³-hybridized carbons (Fsp3) is 0.364. The van der Waals surface area contributed by atoms with Crippen molar-refractivity contribution in [3.05, 3.63) is 62.0 Å². The third-order valence-electron chi connectivity index (χ3n) is 4.61. The summed E-state index contributed by atoms with van der Waals surface area (Å²) in [6.07, 6.45) is 0.902. The van der Waals surface area contributed by atoms with E-state index in [0.29, 0.717) is 22.3 Å². The molecule has 0 aliphatic heterocycles. The van der Waals surface area contributed by atoms with E-state index in [-0.39, 0.29) is 25.0 Å². The molecule has 0 heterocycles. The number of hydrogen-bond donors (Lipinski definition) is 1. The van der Waals surface area contributed by atoms with Crippen LogP contribution in [0, 0.1) is 0 Å². The molecule has 0 saturated carbocycles. The van der Waals surface area contributed by atoms with Crippen molar-refractivity contribution in [1.29, 1.82) is 0 Å². The van der Waals surface area contributed by atoms with Crippen LogP contribution in [0.15, 0.2) is 40.9 Å². The summed E-state index contributed by atoms with van der Waals surface area (Å²) in [4.78, 5) is 26.9. The maximum atomic E-state index is 13.0. The van der Waals surface area contributed by atoms with Crippen LogP contribution in [0.5, 0.6) is 5.75 Å². The van der Waals surface area contributed by atoms with Gasteiger partial charge in [-0.25, -0.2) is 0 Å². The van der Waals surface area contributed by atoms with E-state index in [9.17, 15) is 9.59 Å². The minimum atomic E-state index is -0.679. The lowest BCUT2D eigenvalue weighted by Gasteiger charge is -2.28. The summed E-state index contributed by atoms with van der Waals surface area (Å²) in [6.45, 7) is 6.06. The lowest BCUT2D eigenvalue weighted by Crippen LogP contribution is -2.49. The zero-order valence-electron chi connectivity index (χ0n) is 17.2. The number of rotatable bonds is 9. The van der Waals surface area contributed by atoms with Crippen molar-refractivity contribution in [2.45, 2.75) is 39.8 Å². The van der Waals surface area contributed by atoms with Crippen molar-refractivity contribution in [1.82, 2.24) is 10.2 Å². The minimum Gasteiger partial charge on any atom is -0.483 e. The second-order valence-electron chi connectivity index (χ2n) is 6.75. The molecular formula is C22H25BrCl2N2O3. The second-order valence-corrected chi connectivity index (χ2v) is 8.42. The number of aryl methyl sites for hydroxylation is 1. The number of hydrogen-bond acceptors (Lipinski definition) is 3. The first-order chi connectivity index (χ1) is 14.3. The van der Waals surface area contributed by atoms with Gasteiger partial charge in [-0.05, 0) is 71.6 Å². The number of amides is 2. The Hall–Kier alpha value is -1.76. The molecule has 0 aliphatic rings. The summed E-state index contributed by atoms with van der Waals surface area (Å²) < 4.78 is 6.51. The second kappa shape index (κ2) is 11.6. The molecule has 0 fully saturated rings. The number of carbonyl (C=O) groups excluding carboxylic acids is 2. The molecule has 5 nitrogen and oxygen atoms in total. The molecule has 0 bridgehead atoms. The monoisotopic (exact) mass is 514 g/mol. The summed E-state index contributed by atoms with van der Waals surface area (Å²) in [5, 5.41) is 3.58. The summed E-state index contributed by atoms with van der Waals surface area (Å²) in [5.41, 5.74) is 1.93.